The van der Waals surface area contributed by atoms with E-state index in [0.717, 1.165) is 16.2 Å². The molecule has 2 aromatic rings. The summed E-state index contributed by atoms with van der Waals surface area (Å²) >= 11 is 2.24. The number of nitrogens with one attached hydrogen (secondary N) is 1. The van der Waals surface area contributed by atoms with E-state index in [9.17, 15) is 33.9 Å². The van der Waals surface area contributed by atoms with Gasteiger partial charge in [-0.15, -0.1) is 23.1 Å². The highest BCUT2D eigenvalue weighted by atomic mass is 32.2. The number of benzene rings is 1. The molecule has 5 rings (SSSR count). The van der Waals surface area contributed by atoms with Crippen LogP contribution >= 0.6 is 23.1 Å². The normalized spacial score (nSPS) is 22.6. The van der Waals surface area contributed by atoms with E-state index in [1.807, 2.05) is 0 Å². The van der Waals surface area contributed by atoms with Gasteiger partial charge in [0.15, 0.2) is 10.8 Å². The summed E-state index contributed by atoms with van der Waals surface area (Å²) in [6, 6.07) is 4.79. The van der Waals surface area contributed by atoms with Crippen molar-refractivity contribution in [3.63, 3.8) is 0 Å². The van der Waals surface area contributed by atoms with Gasteiger partial charge < -0.3 is 26.3 Å². The molecule has 2 saturated heterocycles. The first-order valence-corrected chi connectivity index (χ1v) is 13.1. The van der Waals surface area contributed by atoms with Gasteiger partial charge in [0.25, 0.3) is 17.7 Å². The number of allylic oxidation sites excluding steroid dienone is 1. The molecule has 0 bridgehead atoms. The van der Waals surface area contributed by atoms with Crippen LogP contribution in [0.2, 0.25) is 0 Å². The quantitative estimate of drug-likeness (QED) is 0.133. The van der Waals surface area contributed by atoms with Gasteiger partial charge in [-0.2, -0.15) is 0 Å². The van der Waals surface area contributed by atoms with Crippen LogP contribution < -0.4 is 16.0 Å². The Morgan fingerprint density at radius 2 is 2.05 bits per heavy atom. The molecule has 15 heteroatoms. The summed E-state index contributed by atoms with van der Waals surface area (Å²) in [5, 5.41) is 25.4. The number of thioether (sulfide) groups is 1. The number of amides is 3. The zero-order valence-corrected chi connectivity index (χ0v) is 21.0. The van der Waals surface area contributed by atoms with Crippen LogP contribution in [0.1, 0.15) is 12.1 Å². The number of nitrogens with zero attached hydrogens (tertiary/aromatic N) is 4. The summed E-state index contributed by atoms with van der Waals surface area (Å²) in [5.41, 5.74) is 5.53. The van der Waals surface area contributed by atoms with E-state index in [1.54, 1.807) is 6.07 Å². The number of β-lactam (4-membered cyclic amide) rings is 1. The average molecular weight is 559 g/mol. The summed E-state index contributed by atoms with van der Waals surface area (Å²) < 4.78 is 14.2. The fourth-order valence-corrected chi connectivity index (χ4v) is 6.29. The minimum Gasteiger partial charge on any atom is -0.477 e. The topological polar surface area (TPSA) is 179 Å². The standard InChI is InChI=1S/C23H19FN6O6S2/c24-12-3-1-2-4-14(12)29-6-5-10(19(29)32)7-11-8-37-21-16(20(33)30(21)17(11)22(34)35)27-18(31)15(28-36)13-9-38-23(25)26-13/h1-4,7,9,16,21,36H,5-6,8H2,(H2,25,26)(H,27,31)(H,34,35)/b10-7?,28-15-/t16-,21-/m1/s1. The third kappa shape index (κ3) is 4.28. The summed E-state index contributed by atoms with van der Waals surface area (Å²) in [6.07, 6.45) is 1.72. The number of anilines is 2. The van der Waals surface area contributed by atoms with Gasteiger partial charge in [-0.05, 0) is 30.2 Å². The lowest BCUT2D eigenvalue weighted by Gasteiger charge is -2.49. The maximum Gasteiger partial charge on any atom is 0.352 e. The monoisotopic (exact) mass is 558 g/mol. The molecule has 3 aliphatic rings. The van der Waals surface area contributed by atoms with Gasteiger partial charge in [-0.3, -0.25) is 19.3 Å². The smallest absolute Gasteiger partial charge is 0.352 e. The second-order valence-electron chi connectivity index (χ2n) is 8.39. The summed E-state index contributed by atoms with van der Waals surface area (Å²) in [7, 11) is 0. The molecule has 0 spiro atoms. The number of hydrogen-bond donors (Lipinski definition) is 4. The Hall–Kier alpha value is -4.24. The molecule has 5 N–H and O–H groups in total. The summed E-state index contributed by atoms with van der Waals surface area (Å²) in [4.78, 5) is 57.0. The number of aromatic nitrogens is 1. The predicted molar refractivity (Wildman–Crippen MR) is 136 cm³/mol. The number of carboxylic acids is 1. The van der Waals surface area contributed by atoms with Crippen molar-refractivity contribution in [3.8, 4) is 0 Å². The Labute approximate surface area is 222 Å². The molecule has 12 nitrogen and oxygen atoms in total. The van der Waals surface area contributed by atoms with Crippen molar-refractivity contribution in [3.05, 3.63) is 64.1 Å². The van der Waals surface area contributed by atoms with E-state index >= 15 is 0 Å². The third-order valence-electron chi connectivity index (χ3n) is 6.18. The maximum absolute atomic E-state index is 14.2. The molecular formula is C23H19FN6O6S2. The number of oxime groups is 1. The van der Waals surface area contributed by atoms with E-state index in [1.165, 1.54) is 46.3 Å². The van der Waals surface area contributed by atoms with E-state index in [-0.39, 0.29) is 46.5 Å². The highest BCUT2D eigenvalue weighted by Gasteiger charge is 2.54. The average Bonchev–Trinajstić information content (AvgIpc) is 3.48. The molecule has 0 aliphatic carbocycles. The molecule has 1 aromatic heterocycles. The molecule has 1 aromatic carbocycles. The van der Waals surface area contributed by atoms with E-state index in [0.29, 0.717) is 5.57 Å². The fraction of sp³-hybridized carbons (Fsp3) is 0.217. The molecular weight excluding hydrogens is 539 g/mol. The number of nitrogens with two attached hydrogens (primary N) is 1. The van der Waals surface area contributed by atoms with Crippen LogP contribution in [-0.2, 0) is 19.2 Å². The molecule has 2 fully saturated rings. The molecule has 196 valence electrons. The molecule has 4 heterocycles. The second-order valence-corrected chi connectivity index (χ2v) is 10.4. The Kier molecular flexibility index (Phi) is 6.62. The molecule has 0 radical (unpaired) electrons. The van der Waals surface area contributed by atoms with Crippen LogP contribution in [0.25, 0.3) is 0 Å². The number of nitrogen functional groups attached to an aromatic ring is 1. The van der Waals surface area contributed by atoms with Crippen LogP contribution in [0, 0.1) is 5.82 Å². The molecule has 38 heavy (non-hydrogen) atoms. The lowest BCUT2D eigenvalue weighted by Crippen LogP contribution is -2.71. The largest absolute Gasteiger partial charge is 0.477 e. The highest BCUT2D eigenvalue weighted by molar-refractivity contribution is 8.00. The van der Waals surface area contributed by atoms with Crippen molar-refractivity contribution < 1.29 is 33.9 Å². The number of carbonyl (C=O) groups excluding carboxylic acids is 3. The lowest BCUT2D eigenvalue weighted by atomic mass is 10.0. The van der Waals surface area contributed by atoms with Gasteiger partial charge in [0, 0.05) is 23.3 Å². The number of aliphatic carboxylic acids is 1. The Bertz CT molecular complexity index is 1470. The third-order valence-corrected chi connectivity index (χ3v) is 8.16. The Balaban J connectivity index is 1.36. The van der Waals surface area contributed by atoms with Crippen molar-refractivity contribution in [1.82, 2.24) is 15.2 Å². The first-order chi connectivity index (χ1) is 18.2. The molecule has 0 unspecified atom stereocenters. The van der Waals surface area contributed by atoms with Crippen LogP contribution in [0.4, 0.5) is 15.2 Å². The minimum atomic E-state index is -1.37. The zero-order chi connectivity index (χ0) is 27.1. The number of carbonyl (C=O) groups is 4. The lowest BCUT2D eigenvalue weighted by molar-refractivity contribution is -0.150. The number of para-hydroxylation sites is 1. The molecule has 3 aliphatic heterocycles. The number of rotatable bonds is 6. The van der Waals surface area contributed by atoms with Crippen molar-refractivity contribution >= 4 is 63.3 Å². The predicted octanol–water partition coefficient (Wildman–Crippen LogP) is 1.14. The molecule has 2 atom stereocenters. The number of thiazole rings is 1. The van der Waals surface area contributed by atoms with Crippen molar-refractivity contribution in [2.24, 2.45) is 5.16 Å². The molecule has 3 amide bonds. The Morgan fingerprint density at radius 1 is 1.29 bits per heavy atom. The van der Waals surface area contributed by atoms with Gasteiger partial charge in [-0.1, -0.05) is 17.3 Å². The first kappa shape index (κ1) is 25.4. The van der Waals surface area contributed by atoms with Crippen LogP contribution in [0.3, 0.4) is 0 Å². The van der Waals surface area contributed by atoms with Crippen molar-refractivity contribution in [1.29, 1.82) is 0 Å². The van der Waals surface area contributed by atoms with Crippen LogP contribution in [-0.4, -0.2) is 73.3 Å². The first-order valence-electron chi connectivity index (χ1n) is 11.1. The maximum atomic E-state index is 14.2. The Morgan fingerprint density at radius 3 is 2.71 bits per heavy atom. The number of carboxylic acid groups (broad SMARTS) is 1. The van der Waals surface area contributed by atoms with E-state index in [4.69, 9.17) is 5.73 Å². The SMILES string of the molecule is Nc1nc(/C(=N/O)C(=O)N[C@@H]2C(=O)N3C(C(=O)O)=C(C=C4CCN(c5ccccc5F)C4=O)CS[C@H]23)cs1. The summed E-state index contributed by atoms with van der Waals surface area (Å²) in [5.74, 6) is -3.77. The fourth-order valence-electron chi connectivity index (χ4n) is 4.43. The highest BCUT2D eigenvalue weighted by Crippen LogP contribution is 2.41. The van der Waals surface area contributed by atoms with Crippen LogP contribution in [0.15, 0.2) is 57.7 Å². The van der Waals surface area contributed by atoms with Gasteiger partial charge in [0.2, 0.25) is 0 Å². The number of halogens is 1. The van der Waals surface area contributed by atoms with E-state index in [2.05, 4.69) is 15.5 Å². The van der Waals surface area contributed by atoms with Crippen molar-refractivity contribution in [2.45, 2.75) is 17.8 Å². The number of hydrogen-bond acceptors (Lipinski definition) is 10. The minimum absolute atomic E-state index is 0.0260. The second kappa shape index (κ2) is 9.90. The van der Waals surface area contributed by atoms with Gasteiger partial charge in [-0.25, -0.2) is 14.2 Å². The van der Waals surface area contributed by atoms with Crippen molar-refractivity contribution in [2.75, 3.05) is 22.9 Å². The summed E-state index contributed by atoms with van der Waals surface area (Å²) in [6.45, 7) is 0.229. The van der Waals surface area contributed by atoms with Crippen LogP contribution in [0.5, 0.6) is 0 Å². The van der Waals surface area contributed by atoms with Gasteiger partial charge in [0.05, 0.1) is 5.69 Å². The van der Waals surface area contributed by atoms with Gasteiger partial charge >= 0.3 is 5.97 Å². The molecule has 0 saturated carbocycles. The zero-order valence-electron chi connectivity index (χ0n) is 19.3. The van der Waals surface area contributed by atoms with E-state index < -0.39 is 46.6 Å². The number of fused-ring (bicyclic) bond motifs is 1. The van der Waals surface area contributed by atoms with Gasteiger partial charge in [0.1, 0.15) is 28.6 Å².